The monoisotopic (exact) mass is 256 g/mol. The first kappa shape index (κ1) is 14.3. The van der Waals surface area contributed by atoms with Crippen molar-refractivity contribution in [2.45, 2.75) is 56.7 Å². The lowest BCUT2D eigenvalue weighted by atomic mass is 9.97. The van der Waals surface area contributed by atoms with Gasteiger partial charge in [-0.1, -0.05) is 0 Å². The highest BCUT2D eigenvalue weighted by Gasteiger charge is 2.32. The number of nitrogens with one attached hydrogen (secondary N) is 1. The van der Waals surface area contributed by atoms with Crippen molar-refractivity contribution in [2.75, 3.05) is 33.4 Å². The maximum atomic E-state index is 9.58. The summed E-state index contributed by atoms with van der Waals surface area (Å²) in [4.78, 5) is 2.44. The molecule has 0 spiro atoms. The first-order valence-corrected chi connectivity index (χ1v) is 7.29. The highest BCUT2D eigenvalue weighted by Crippen LogP contribution is 2.24. The van der Waals surface area contributed by atoms with Crippen LogP contribution >= 0.6 is 0 Å². The first-order valence-electron chi connectivity index (χ1n) is 7.29. The van der Waals surface area contributed by atoms with Crippen LogP contribution in [0.4, 0.5) is 0 Å². The average Bonchev–Trinajstić information content (AvgIpc) is 3.21. The Morgan fingerprint density at radius 2 is 1.94 bits per heavy atom. The minimum absolute atomic E-state index is 0.111. The van der Waals surface area contributed by atoms with Crippen molar-refractivity contribution in [1.82, 2.24) is 10.2 Å². The molecular formula is C14H28N2O2. The minimum atomic E-state index is -0.111. The maximum Gasteiger partial charge on any atom is 0.0611 e. The van der Waals surface area contributed by atoms with E-state index in [4.69, 9.17) is 4.74 Å². The van der Waals surface area contributed by atoms with Crippen LogP contribution in [0.25, 0.3) is 0 Å². The second kappa shape index (κ2) is 6.33. The molecule has 1 unspecified atom stereocenters. The van der Waals surface area contributed by atoms with E-state index in [1.807, 2.05) is 0 Å². The van der Waals surface area contributed by atoms with Crippen molar-refractivity contribution in [3.63, 3.8) is 0 Å². The molecule has 0 amide bonds. The van der Waals surface area contributed by atoms with Crippen LogP contribution in [0.15, 0.2) is 0 Å². The standard InChI is InChI=1S/C14H28N2O2/c1-14(11-17,15-12-3-4-12)7-8-16(2)13-5-9-18-10-6-13/h12-13,15,17H,3-11H2,1-2H3. The molecule has 0 aromatic heterocycles. The molecule has 1 saturated heterocycles. The summed E-state index contributed by atoms with van der Waals surface area (Å²) in [5, 5.41) is 13.2. The molecule has 18 heavy (non-hydrogen) atoms. The average molecular weight is 256 g/mol. The Morgan fingerprint density at radius 1 is 1.28 bits per heavy atom. The summed E-state index contributed by atoms with van der Waals surface area (Å²) in [6.07, 6.45) is 5.83. The summed E-state index contributed by atoms with van der Waals surface area (Å²) in [7, 11) is 2.20. The number of rotatable bonds is 7. The Hall–Kier alpha value is -0.160. The molecule has 2 rings (SSSR count). The van der Waals surface area contributed by atoms with Crippen molar-refractivity contribution in [2.24, 2.45) is 0 Å². The van der Waals surface area contributed by atoms with E-state index in [0.29, 0.717) is 12.1 Å². The predicted octanol–water partition coefficient (Wildman–Crippen LogP) is 0.990. The van der Waals surface area contributed by atoms with Gasteiger partial charge in [0.25, 0.3) is 0 Å². The van der Waals surface area contributed by atoms with E-state index in [9.17, 15) is 5.11 Å². The van der Waals surface area contributed by atoms with Gasteiger partial charge in [0, 0.05) is 30.8 Å². The maximum absolute atomic E-state index is 9.58. The Labute approximate surface area is 111 Å². The van der Waals surface area contributed by atoms with Crippen LogP contribution in [0.3, 0.4) is 0 Å². The zero-order valence-corrected chi connectivity index (χ0v) is 11.8. The van der Waals surface area contributed by atoms with Gasteiger partial charge in [0.15, 0.2) is 0 Å². The quantitative estimate of drug-likeness (QED) is 0.713. The van der Waals surface area contributed by atoms with Crippen LogP contribution in [0.2, 0.25) is 0 Å². The molecule has 2 N–H and O–H groups in total. The molecule has 0 aromatic rings. The predicted molar refractivity (Wildman–Crippen MR) is 72.7 cm³/mol. The van der Waals surface area contributed by atoms with Crippen molar-refractivity contribution < 1.29 is 9.84 Å². The second-order valence-corrected chi connectivity index (χ2v) is 6.21. The van der Waals surface area contributed by atoms with Crippen LogP contribution in [0, 0.1) is 0 Å². The Bertz CT molecular complexity index is 252. The highest BCUT2D eigenvalue weighted by atomic mass is 16.5. The number of nitrogens with zero attached hydrogens (tertiary/aromatic N) is 1. The first-order chi connectivity index (χ1) is 8.63. The largest absolute Gasteiger partial charge is 0.394 e. The van der Waals surface area contributed by atoms with Crippen LogP contribution < -0.4 is 5.32 Å². The molecule has 1 aliphatic heterocycles. The van der Waals surface area contributed by atoms with Gasteiger partial charge < -0.3 is 20.1 Å². The van der Waals surface area contributed by atoms with E-state index >= 15 is 0 Å². The number of ether oxygens (including phenoxy) is 1. The molecule has 0 bridgehead atoms. The zero-order chi connectivity index (χ0) is 13.0. The van der Waals surface area contributed by atoms with Crippen molar-refractivity contribution in [3.8, 4) is 0 Å². The Balaban J connectivity index is 1.73. The topological polar surface area (TPSA) is 44.7 Å². The fourth-order valence-electron chi connectivity index (χ4n) is 2.65. The van der Waals surface area contributed by atoms with E-state index in [1.165, 1.54) is 12.8 Å². The molecule has 1 aliphatic carbocycles. The molecule has 4 heteroatoms. The smallest absolute Gasteiger partial charge is 0.0611 e. The third-order valence-corrected chi connectivity index (χ3v) is 4.31. The van der Waals surface area contributed by atoms with Gasteiger partial charge in [0.2, 0.25) is 0 Å². The van der Waals surface area contributed by atoms with Gasteiger partial charge in [-0.3, -0.25) is 0 Å². The van der Waals surface area contributed by atoms with Gasteiger partial charge in [0.05, 0.1) is 6.61 Å². The van der Waals surface area contributed by atoms with Gasteiger partial charge >= 0.3 is 0 Å². The lowest BCUT2D eigenvalue weighted by Gasteiger charge is -2.35. The van der Waals surface area contributed by atoms with Crippen molar-refractivity contribution in [1.29, 1.82) is 0 Å². The Kier molecular flexibility index (Phi) is 5.01. The highest BCUT2D eigenvalue weighted by molar-refractivity contribution is 4.93. The van der Waals surface area contributed by atoms with E-state index in [1.54, 1.807) is 0 Å². The van der Waals surface area contributed by atoms with E-state index in [2.05, 4.69) is 24.2 Å². The van der Waals surface area contributed by atoms with Gasteiger partial charge in [-0.2, -0.15) is 0 Å². The summed E-state index contributed by atoms with van der Waals surface area (Å²) >= 11 is 0. The summed E-state index contributed by atoms with van der Waals surface area (Å²) in [5.41, 5.74) is -0.111. The van der Waals surface area contributed by atoms with Gasteiger partial charge in [-0.25, -0.2) is 0 Å². The van der Waals surface area contributed by atoms with E-state index < -0.39 is 0 Å². The molecular weight excluding hydrogens is 228 g/mol. The van der Waals surface area contributed by atoms with E-state index in [-0.39, 0.29) is 12.1 Å². The fraction of sp³-hybridized carbons (Fsp3) is 1.00. The third kappa shape index (κ3) is 4.19. The van der Waals surface area contributed by atoms with Crippen LogP contribution in [-0.2, 0) is 4.74 Å². The molecule has 106 valence electrons. The van der Waals surface area contributed by atoms with Crippen molar-refractivity contribution in [3.05, 3.63) is 0 Å². The molecule has 0 aromatic carbocycles. The molecule has 4 nitrogen and oxygen atoms in total. The molecule has 1 saturated carbocycles. The second-order valence-electron chi connectivity index (χ2n) is 6.21. The van der Waals surface area contributed by atoms with Crippen LogP contribution in [-0.4, -0.2) is 61.0 Å². The summed E-state index contributed by atoms with van der Waals surface area (Å²) in [5.74, 6) is 0. The van der Waals surface area contributed by atoms with Crippen LogP contribution in [0.5, 0.6) is 0 Å². The fourth-order valence-corrected chi connectivity index (χ4v) is 2.65. The van der Waals surface area contributed by atoms with Gasteiger partial charge in [0.1, 0.15) is 0 Å². The normalized spacial score (nSPS) is 25.3. The molecule has 1 heterocycles. The molecule has 2 fully saturated rings. The van der Waals surface area contributed by atoms with E-state index in [0.717, 1.165) is 39.0 Å². The van der Waals surface area contributed by atoms with Crippen molar-refractivity contribution >= 4 is 0 Å². The zero-order valence-electron chi connectivity index (χ0n) is 11.8. The molecule has 1 atom stereocenters. The summed E-state index contributed by atoms with van der Waals surface area (Å²) < 4.78 is 5.40. The molecule has 2 aliphatic rings. The number of aliphatic hydroxyl groups is 1. The Morgan fingerprint density at radius 3 is 2.50 bits per heavy atom. The lowest BCUT2D eigenvalue weighted by molar-refractivity contribution is 0.0383. The molecule has 0 radical (unpaired) electrons. The third-order valence-electron chi connectivity index (χ3n) is 4.31. The number of hydrogen-bond donors (Lipinski definition) is 2. The SMILES string of the molecule is CN(CCC(C)(CO)NC1CC1)C1CCOCC1. The van der Waals surface area contributed by atoms with Gasteiger partial charge in [-0.05, 0) is 52.6 Å². The van der Waals surface area contributed by atoms with Gasteiger partial charge in [-0.15, -0.1) is 0 Å². The summed E-state index contributed by atoms with van der Waals surface area (Å²) in [6, 6.07) is 1.30. The summed E-state index contributed by atoms with van der Waals surface area (Å²) in [6.45, 7) is 5.20. The number of aliphatic hydroxyl groups excluding tert-OH is 1. The minimum Gasteiger partial charge on any atom is -0.394 e. The lowest BCUT2D eigenvalue weighted by Crippen LogP contribution is -2.50. The van der Waals surface area contributed by atoms with Crippen LogP contribution in [0.1, 0.15) is 39.0 Å². The number of hydrogen-bond acceptors (Lipinski definition) is 4.